The molecule has 2 nitrogen and oxygen atoms in total. The Labute approximate surface area is 169 Å². The van der Waals surface area contributed by atoms with Crippen molar-refractivity contribution < 1.29 is 18.2 Å². The van der Waals surface area contributed by atoms with Crippen LogP contribution in [0.4, 0.5) is 0 Å². The van der Waals surface area contributed by atoms with E-state index in [1.54, 1.807) is 0 Å². The molecular weight excluding hydrogens is 525 g/mol. The van der Waals surface area contributed by atoms with Crippen molar-refractivity contribution in [3.63, 3.8) is 0 Å². The van der Waals surface area contributed by atoms with E-state index in [1.165, 1.54) is 31.7 Å². The third-order valence-electron chi connectivity index (χ3n) is 4.89. The van der Waals surface area contributed by atoms with Gasteiger partial charge in [0.2, 0.25) is 0 Å². The molecular formula is C22H28AuClN2-2. The van der Waals surface area contributed by atoms with Crippen molar-refractivity contribution in [3.05, 3.63) is 63.0 Å². The molecule has 26 heavy (non-hydrogen) atoms. The van der Waals surface area contributed by atoms with E-state index in [9.17, 15) is 0 Å². The Kier molecular flexibility index (Phi) is 5.98. The van der Waals surface area contributed by atoms with E-state index < -0.39 is 18.2 Å². The molecule has 0 saturated carbocycles. The van der Waals surface area contributed by atoms with Gasteiger partial charge in [-0.05, 0) is 0 Å². The molecule has 0 bridgehead atoms. The van der Waals surface area contributed by atoms with Gasteiger partial charge in [0, 0.05) is 0 Å². The first-order valence-corrected chi connectivity index (χ1v) is 13.0. The minimum absolute atomic E-state index is 0.452. The number of halogens is 1. The zero-order valence-electron chi connectivity index (χ0n) is 16.3. The van der Waals surface area contributed by atoms with Gasteiger partial charge < -0.3 is 0 Å². The van der Waals surface area contributed by atoms with Gasteiger partial charge >= 0.3 is 170 Å². The molecule has 4 heteroatoms. The predicted molar refractivity (Wildman–Crippen MR) is 108 cm³/mol. The second-order valence-corrected chi connectivity index (χ2v) is 10.1. The number of aromatic nitrogens is 2. The summed E-state index contributed by atoms with van der Waals surface area (Å²) in [5.74, 6) is 1.38. The van der Waals surface area contributed by atoms with Crippen molar-refractivity contribution in [1.29, 1.82) is 0 Å². The number of nitrogens with zero attached hydrogens (tertiary/aromatic N) is 2. The van der Waals surface area contributed by atoms with Gasteiger partial charge in [-0.15, -0.1) is 0 Å². The molecule has 0 fully saturated rings. The molecule has 0 aliphatic rings. The first-order chi connectivity index (χ1) is 12.4. The molecule has 3 aromatic rings. The van der Waals surface area contributed by atoms with Crippen LogP contribution in [0.1, 0.15) is 76.1 Å². The van der Waals surface area contributed by atoms with Crippen molar-refractivity contribution in [2.45, 2.75) is 59.3 Å². The average molecular weight is 553 g/mol. The summed E-state index contributed by atoms with van der Waals surface area (Å²) in [7, 11) is 6.60. The van der Waals surface area contributed by atoms with Gasteiger partial charge in [0.15, 0.2) is 0 Å². The van der Waals surface area contributed by atoms with E-state index in [4.69, 9.17) is 9.19 Å². The van der Waals surface area contributed by atoms with E-state index in [-0.39, 0.29) is 0 Å². The number of hydrogen-bond donors (Lipinski definition) is 0. The SMILES string of the molecule is CC(C)c1cccc(C(C)C)c1-n1cc2cccc(C(C)C)n2[c]1=[Au-2][Cl]. The Balaban J connectivity index is 2.47. The zero-order valence-corrected chi connectivity index (χ0v) is 19.3. The van der Waals surface area contributed by atoms with Gasteiger partial charge in [-0.3, -0.25) is 0 Å². The van der Waals surface area contributed by atoms with Crippen LogP contribution in [0.15, 0.2) is 42.6 Å². The Bertz CT molecular complexity index is 967. The zero-order chi connectivity index (χ0) is 19.0. The fraction of sp³-hybridized carbons (Fsp3) is 0.409. The quantitative estimate of drug-likeness (QED) is 0.313. The predicted octanol–water partition coefficient (Wildman–Crippen LogP) is 6.87. The Hall–Kier alpha value is -1.06. The number of benzene rings is 1. The molecule has 0 atom stereocenters. The van der Waals surface area contributed by atoms with Gasteiger partial charge in [0.1, 0.15) is 0 Å². The van der Waals surface area contributed by atoms with Crippen molar-refractivity contribution >= 4 is 14.7 Å². The van der Waals surface area contributed by atoms with Crippen LogP contribution in [-0.2, 0) is 18.2 Å². The van der Waals surface area contributed by atoms with Crippen molar-refractivity contribution in [3.8, 4) is 5.69 Å². The number of para-hydroxylation sites is 1. The van der Waals surface area contributed by atoms with E-state index in [0.717, 1.165) is 0 Å². The van der Waals surface area contributed by atoms with Crippen LogP contribution in [0.2, 0.25) is 0 Å². The Morgan fingerprint density at radius 3 is 1.88 bits per heavy atom. The summed E-state index contributed by atoms with van der Waals surface area (Å²) >= 11 is -0.486. The van der Waals surface area contributed by atoms with E-state index in [0.29, 0.717) is 17.8 Å². The molecule has 1 aromatic carbocycles. The van der Waals surface area contributed by atoms with Gasteiger partial charge in [-0.2, -0.15) is 0 Å². The first-order valence-electron chi connectivity index (χ1n) is 9.25. The molecule has 2 aromatic heterocycles. The standard InChI is InChI=1S/C22H28N2.Au.ClH/c1-15(2)19-10-8-11-20(16(3)4)22(19)23-13-18-9-7-12-21(17(5)6)24(18)14-23;;/h7-13,15-17H,1-6H3;;1H/q;-1;/p-1. The second-order valence-electron chi connectivity index (χ2n) is 7.75. The number of pyridine rings is 1. The maximum atomic E-state index is 6.60. The van der Waals surface area contributed by atoms with Gasteiger partial charge in [-0.1, -0.05) is 0 Å². The average Bonchev–Trinajstić information content (AvgIpc) is 2.98. The summed E-state index contributed by atoms with van der Waals surface area (Å²) in [5, 5.41) is 0. The van der Waals surface area contributed by atoms with Crippen molar-refractivity contribution in [2.75, 3.05) is 0 Å². The van der Waals surface area contributed by atoms with E-state index >= 15 is 0 Å². The summed E-state index contributed by atoms with van der Waals surface area (Å²) in [4.78, 5) is 0. The number of fused-ring (bicyclic) bond motifs is 1. The van der Waals surface area contributed by atoms with Crippen LogP contribution < -0.4 is 0 Å². The molecule has 2 heterocycles. The number of rotatable bonds is 4. The Morgan fingerprint density at radius 1 is 0.808 bits per heavy atom. The summed E-state index contributed by atoms with van der Waals surface area (Å²) < 4.78 is 5.97. The number of hydrogen-bond acceptors (Lipinski definition) is 0. The van der Waals surface area contributed by atoms with Gasteiger partial charge in [0.25, 0.3) is 0 Å². The van der Waals surface area contributed by atoms with Crippen molar-refractivity contribution in [1.82, 2.24) is 8.97 Å². The molecule has 0 aliphatic carbocycles. The van der Waals surface area contributed by atoms with Gasteiger partial charge in [0.05, 0.1) is 0 Å². The molecule has 0 N–H and O–H groups in total. The van der Waals surface area contributed by atoms with Crippen LogP contribution in [0.5, 0.6) is 0 Å². The number of imidazole rings is 1. The molecule has 0 amide bonds. The molecule has 0 aliphatic heterocycles. The molecule has 0 saturated heterocycles. The summed E-state index contributed by atoms with van der Waals surface area (Å²) in [6, 6.07) is 13.3. The summed E-state index contributed by atoms with van der Waals surface area (Å²) in [6.07, 6.45) is 2.27. The Morgan fingerprint density at radius 2 is 1.38 bits per heavy atom. The first kappa shape index (κ1) is 19.7. The monoisotopic (exact) mass is 552 g/mol. The third-order valence-corrected chi connectivity index (χ3v) is 7.09. The molecule has 146 valence electrons. The van der Waals surface area contributed by atoms with Gasteiger partial charge in [-0.25, -0.2) is 0 Å². The van der Waals surface area contributed by atoms with Crippen LogP contribution in [0, 0.1) is 3.63 Å². The van der Waals surface area contributed by atoms with E-state index in [2.05, 4.69) is 93.1 Å². The normalized spacial score (nSPS) is 13.5. The maximum absolute atomic E-state index is 6.60. The third kappa shape index (κ3) is 3.41. The molecule has 0 unspecified atom stereocenters. The molecule has 0 spiro atoms. The van der Waals surface area contributed by atoms with Crippen LogP contribution in [-0.4, -0.2) is 8.97 Å². The molecule has 3 rings (SSSR count). The topological polar surface area (TPSA) is 9.34 Å². The van der Waals surface area contributed by atoms with Crippen LogP contribution in [0.3, 0.4) is 0 Å². The van der Waals surface area contributed by atoms with Crippen molar-refractivity contribution in [2.24, 2.45) is 0 Å². The summed E-state index contributed by atoms with van der Waals surface area (Å²) in [5.41, 5.74) is 6.63. The fourth-order valence-corrected chi connectivity index (χ4v) is 5.76. The molecule has 0 radical (unpaired) electrons. The minimum atomic E-state index is -0.486. The summed E-state index contributed by atoms with van der Waals surface area (Å²) in [6.45, 7) is 13.6. The fourth-order valence-electron chi connectivity index (χ4n) is 3.57. The van der Waals surface area contributed by atoms with Crippen LogP contribution >= 0.6 is 9.19 Å². The van der Waals surface area contributed by atoms with Crippen LogP contribution in [0.25, 0.3) is 11.2 Å². The van der Waals surface area contributed by atoms with E-state index in [1.807, 2.05) is 0 Å². The second kappa shape index (κ2) is 7.90.